The van der Waals surface area contributed by atoms with Crippen LogP contribution in [0.15, 0.2) is 12.2 Å². The molecular formula is C14H24N2O3. The third-order valence-corrected chi connectivity index (χ3v) is 3.53. The monoisotopic (exact) mass is 268 g/mol. The number of carbonyl (C=O) groups excluding carboxylic acids is 1. The van der Waals surface area contributed by atoms with Gasteiger partial charge in [-0.1, -0.05) is 26.0 Å². The van der Waals surface area contributed by atoms with Gasteiger partial charge in [0.15, 0.2) is 0 Å². The number of aliphatic carboxylic acids is 1. The van der Waals surface area contributed by atoms with Crippen molar-refractivity contribution in [3.63, 3.8) is 0 Å². The molecule has 5 heteroatoms. The van der Waals surface area contributed by atoms with Crippen LogP contribution in [0.4, 0.5) is 4.79 Å². The van der Waals surface area contributed by atoms with Gasteiger partial charge in [-0.3, -0.25) is 4.79 Å². The molecule has 3 N–H and O–H groups in total. The van der Waals surface area contributed by atoms with E-state index in [0.29, 0.717) is 12.5 Å². The van der Waals surface area contributed by atoms with Crippen LogP contribution in [0, 0.1) is 17.8 Å². The summed E-state index contributed by atoms with van der Waals surface area (Å²) >= 11 is 0. The first-order chi connectivity index (χ1) is 9.00. The highest BCUT2D eigenvalue weighted by molar-refractivity contribution is 5.75. The van der Waals surface area contributed by atoms with E-state index in [1.165, 1.54) is 0 Å². The Morgan fingerprint density at radius 1 is 1.32 bits per heavy atom. The highest BCUT2D eigenvalue weighted by atomic mass is 16.4. The van der Waals surface area contributed by atoms with Crippen LogP contribution in [-0.4, -0.2) is 30.2 Å². The minimum atomic E-state index is -0.868. The zero-order valence-electron chi connectivity index (χ0n) is 11.7. The van der Waals surface area contributed by atoms with Crippen molar-refractivity contribution in [2.24, 2.45) is 17.8 Å². The summed E-state index contributed by atoms with van der Waals surface area (Å²) in [6, 6.07) is -0.276. The van der Waals surface area contributed by atoms with E-state index in [1.54, 1.807) is 0 Å². The zero-order chi connectivity index (χ0) is 14.3. The van der Waals surface area contributed by atoms with Gasteiger partial charge >= 0.3 is 12.0 Å². The number of rotatable bonds is 6. The van der Waals surface area contributed by atoms with Crippen LogP contribution >= 0.6 is 0 Å². The number of carboxylic acids is 1. The van der Waals surface area contributed by atoms with Crippen molar-refractivity contribution in [1.82, 2.24) is 10.6 Å². The second kappa shape index (κ2) is 7.81. The van der Waals surface area contributed by atoms with Crippen molar-refractivity contribution in [3.8, 4) is 0 Å². The molecule has 0 radical (unpaired) electrons. The van der Waals surface area contributed by atoms with Crippen molar-refractivity contribution in [2.45, 2.75) is 33.1 Å². The third kappa shape index (κ3) is 5.77. The van der Waals surface area contributed by atoms with Gasteiger partial charge in [-0.25, -0.2) is 4.79 Å². The van der Waals surface area contributed by atoms with Gasteiger partial charge in [0, 0.05) is 13.1 Å². The molecule has 1 rings (SSSR count). The molecule has 2 atom stereocenters. The molecule has 1 aliphatic carbocycles. The fraction of sp³-hybridized carbons (Fsp3) is 0.714. The molecule has 0 fully saturated rings. The number of amides is 2. The lowest BCUT2D eigenvalue weighted by Crippen LogP contribution is -2.42. The van der Waals surface area contributed by atoms with Crippen molar-refractivity contribution < 1.29 is 14.7 Å². The Morgan fingerprint density at radius 2 is 2.05 bits per heavy atom. The Balaban J connectivity index is 2.23. The highest BCUT2D eigenvalue weighted by Gasteiger charge is 2.22. The molecule has 0 heterocycles. The molecule has 1 aliphatic rings. The molecule has 5 nitrogen and oxygen atoms in total. The third-order valence-electron chi connectivity index (χ3n) is 3.53. The van der Waals surface area contributed by atoms with Crippen molar-refractivity contribution in [3.05, 3.63) is 12.2 Å². The van der Waals surface area contributed by atoms with Gasteiger partial charge in [0.2, 0.25) is 0 Å². The first-order valence-electron chi connectivity index (χ1n) is 6.90. The molecule has 0 spiro atoms. The van der Waals surface area contributed by atoms with Gasteiger partial charge in [-0.15, -0.1) is 0 Å². The predicted octanol–water partition coefficient (Wildman–Crippen LogP) is 2.00. The van der Waals surface area contributed by atoms with Gasteiger partial charge in [0.1, 0.15) is 0 Å². The molecule has 0 aliphatic heterocycles. The predicted molar refractivity (Wildman–Crippen MR) is 73.8 cm³/mol. The number of carbonyl (C=O) groups is 2. The Kier molecular flexibility index (Phi) is 6.39. The molecule has 0 aromatic carbocycles. The highest BCUT2D eigenvalue weighted by Crippen LogP contribution is 2.16. The van der Waals surface area contributed by atoms with E-state index in [1.807, 2.05) is 13.8 Å². The van der Waals surface area contributed by atoms with Crippen LogP contribution in [0.1, 0.15) is 33.1 Å². The maximum Gasteiger partial charge on any atom is 0.314 e. The lowest BCUT2D eigenvalue weighted by atomic mass is 9.94. The van der Waals surface area contributed by atoms with E-state index in [-0.39, 0.29) is 18.5 Å². The second-order valence-corrected chi connectivity index (χ2v) is 5.43. The van der Waals surface area contributed by atoms with Gasteiger partial charge in [0.05, 0.1) is 5.92 Å². The molecule has 0 saturated heterocycles. The average molecular weight is 268 g/mol. The summed E-state index contributed by atoms with van der Waals surface area (Å²) in [6.45, 7) is 4.50. The van der Waals surface area contributed by atoms with Crippen LogP contribution in [0.25, 0.3) is 0 Å². The van der Waals surface area contributed by atoms with Crippen molar-refractivity contribution >= 4 is 12.0 Å². The summed E-state index contributed by atoms with van der Waals surface area (Å²) in [5.74, 6) is -0.909. The summed E-state index contributed by atoms with van der Waals surface area (Å²) in [6.07, 6.45) is 7.48. The average Bonchev–Trinajstić information content (AvgIpc) is 2.37. The molecule has 0 saturated carbocycles. The fourth-order valence-electron chi connectivity index (χ4n) is 2.15. The quantitative estimate of drug-likeness (QED) is 0.645. The Morgan fingerprint density at radius 3 is 2.58 bits per heavy atom. The van der Waals surface area contributed by atoms with Crippen LogP contribution in [-0.2, 0) is 4.79 Å². The summed E-state index contributed by atoms with van der Waals surface area (Å²) in [5.41, 5.74) is 0. The van der Waals surface area contributed by atoms with Crippen molar-refractivity contribution in [1.29, 1.82) is 0 Å². The smallest absolute Gasteiger partial charge is 0.314 e. The minimum absolute atomic E-state index is 0.00119. The van der Waals surface area contributed by atoms with E-state index in [0.717, 1.165) is 19.3 Å². The Hall–Kier alpha value is -1.52. The van der Waals surface area contributed by atoms with Crippen molar-refractivity contribution in [2.75, 3.05) is 13.1 Å². The lowest BCUT2D eigenvalue weighted by molar-refractivity contribution is -0.142. The van der Waals surface area contributed by atoms with E-state index < -0.39 is 11.9 Å². The fourth-order valence-corrected chi connectivity index (χ4v) is 2.15. The van der Waals surface area contributed by atoms with E-state index in [4.69, 9.17) is 5.11 Å². The van der Waals surface area contributed by atoms with Gasteiger partial charge in [-0.2, -0.15) is 0 Å². The Labute approximate surface area is 114 Å². The van der Waals surface area contributed by atoms with E-state index in [9.17, 15) is 9.59 Å². The topological polar surface area (TPSA) is 78.4 Å². The molecule has 0 aromatic heterocycles. The molecule has 108 valence electrons. The van der Waals surface area contributed by atoms with Gasteiger partial charge in [-0.05, 0) is 31.1 Å². The molecule has 0 aromatic rings. The number of allylic oxidation sites excluding steroid dienone is 2. The first kappa shape index (κ1) is 15.5. The minimum Gasteiger partial charge on any atom is -0.481 e. The van der Waals surface area contributed by atoms with E-state index >= 15 is 0 Å². The number of carboxylic acid groups (broad SMARTS) is 1. The molecule has 2 amide bonds. The van der Waals surface area contributed by atoms with Crippen LogP contribution < -0.4 is 10.6 Å². The lowest BCUT2D eigenvalue weighted by Gasteiger charge is -2.20. The SMILES string of the molecule is CC(C)C(CNC(=O)NCC1CC=CCC1)C(=O)O. The molecular weight excluding hydrogens is 244 g/mol. The largest absolute Gasteiger partial charge is 0.481 e. The molecule has 0 bridgehead atoms. The summed E-state index contributed by atoms with van der Waals surface area (Å²) in [7, 11) is 0. The van der Waals surface area contributed by atoms with Gasteiger partial charge in [0.25, 0.3) is 0 Å². The van der Waals surface area contributed by atoms with Crippen LogP contribution in [0.2, 0.25) is 0 Å². The Bertz CT molecular complexity index is 340. The standard InChI is InChI=1S/C14H24N2O3/c1-10(2)12(13(17)18)9-16-14(19)15-8-11-6-4-3-5-7-11/h3-4,10-12H,5-9H2,1-2H3,(H,17,18)(H2,15,16,19). The second-order valence-electron chi connectivity index (χ2n) is 5.43. The van der Waals surface area contributed by atoms with Crippen LogP contribution in [0.3, 0.4) is 0 Å². The summed E-state index contributed by atoms with van der Waals surface area (Å²) < 4.78 is 0. The first-order valence-corrected chi connectivity index (χ1v) is 6.90. The molecule has 2 unspecified atom stereocenters. The number of urea groups is 1. The van der Waals surface area contributed by atoms with E-state index in [2.05, 4.69) is 22.8 Å². The maximum atomic E-state index is 11.6. The summed E-state index contributed by atoms with van der Waals surface area (Å²) in [4.78, 5) is 22.6. The number of hydrogen-bond acceptors (Lipinski definition) is 2. The van der Waals surface area contributed by atoms with Gasteiger partial charge < -0.3 is 15.7 Å². The number of hydrogen-bond donors (Lipinski definition) is 3. The van der Waals surface area contributed by atoms with Crippen LogP contribution in [0.5, 0.6) is 0 Å². The number of nitrogens with one attached hydrogen (secondary N) is 2. The summed E-state index contributed by atoms with van der Waals surface area (Å²) in [5, 5.41) is 14.5. The maximum absolute atomic E-state index is 11.6. The zero-order valence-corrected chi connectivity index (χ0v) is 11.7. The normalized spacial score (nSPS) is 20.1. The molecule has 19 heavy (non-hydrogen) atoms.